The van der Waals surface area contributed by atoms with E-state index in [0.29, 0.717) is 30.1 Å². The van der Waals surface area contributed by atoms with Crippen LogP contribution in [0, 0.1) is 6.92 Å². The number of hydrogen-bond donors (Lipinski definition) is 3. The van der Waals surface area contributed by atoms with E-state index in [2.05, 4.69) is 52.6 Å². The Morgan fingerprint density at radius 3 is 2.62 bits per heavy atom. The van der Waals surface area contributed by atoms with E-state index in [1.54, 1.807) is 13.3 Å². The molecule has 0 amide bonds. The predicted octanol–water partition coefficient (Wildman–Crippen LogP) is 4.72. The number of H-pyrrole nitrogens is 1. The van der Waals surface area contributed by atoms with Gasteiger partial charge in [0.25, 0.3) is 0 Å². The number of methoxy groups -OCH3 is 1. The summed E-state index contributed by atoms with van der Waals surface area (Å²) in [7, 11) is 6.03. The molecule has 1 aromatic carbocycles. The lowest BCUT2D eigenvalue weighted by Crippen LogP contribution is -2.36. The molecule has 0 radical (unpaired) electrons. The van der Waals surface area contributed by atoms with Crippen molar-refractivity contribution < 1.29 is 4.74 Å². The van der Waals surface area contributed by atoms with Gasteiger partial charge in [0.1, 0.15) is 22.9 Å². The standard InChI is InChI=1S/C26H33N7O/c1-16-13-29-25-21(34-4)11-5-17(24(16)25)14-28-23-15-27-20-10-12-22(31-26(20)32-23)30-18-6-8-19(9-7-18)33(2)3/h5,10-13,15,18-19,29H,6-9,14H2,1-4H3,(H2,28,30,31,32). The van der Waals surface area contributed by atoms with Crippen LogP contribution >= 0.6 is 0 Å². The zero-order chi connectivity index (χ0) is 23.7. The van der Waals surface area contributed by atoms with Crippen molar-refractivity contribution >= 4 is 33.7 Å². The van der Waals surface area contributed by atoms with Crippen molar-refractivity contribution in [2.45, 2.75) is 51.2 Å². The summed E-state index contributed by atoms with van der Waals surface area (Å²) in [4.78, 5) is 19.7. The number of nitrogens with zero attached hydrogens (tertiary/aromatic N) is 4. The van der Waals surface area contributed by atoms with Gasteiger partial charge in [-0.1, -0.05) is 6.07 Å². The number of nitrogens with one attached hydrogen (secondary N) is 3. The summed E-state index contributed by atoms with van der Waals surface area (Å²) in [6.07, 6.45) is 8.52. The quantitative estimate of drug-likeness (QED) is 0.368. The van der Waals surface area contributed by atoms with Gasteiger partial charge < -0.3 is 25.3 Å². The second-order valence-corrected chi connectivity index (χ2v) is 9.41. The van der Waals surface area contributed by atoms with E-state index in [9.17, 15) is 0 Å². The third-order valence-electron chi connectivity index (χ3n) is 6.95. The maximum Gasteiger partial charge on any atom is 0.182 e. The maximum absolute atomic E-state index is 5.50. The van der Waals surface area contributed by atoms with Gasteiger partial charge in [-0.05, 0) is 76.0 Å². The van der Waals surface area contributed by atoms with Crippen LogP contribution in [0.2, 0.25) is 0 Å². The number of fused-ring (bicyclic) bond motifs is 2. The first kappa shape index (κ1) is 22.4. The van der Waals surface area contributed by atoms with E-state index in [-0.39, 0.29) is 0 Å². The molecule has 0 atom stereocenters. The van der Waals surface area contributed by atoms with Crippen LogP contribution in [0.15, 0.2) is 36.7 Å². The lowest BCUT2D eigenvalue weighted by molar-refractivity contribution is 0.221. The average molecular weight is 460 g/mol. The van der Waals surface area contributed by atoms with Crippen LogP contribution in [-0.2, 0) is 6.54 Å². The summed E-state index contributed by atoms with van der Waals surface area (Å²) < 4.78 is 5.50. The molecule has 34 heavy (non-hydrogen) atoms. The number of ether oxygens (including phenoxy) is 1. The molecule has 0 aliphatic heterocycles. The van der Waals surface area contributed by atoms with E-state index < -0.39 is 0 Å². The largest absolute Gasteiger partial charge is 0.495 e. The van der Waals surface area contributed by atoms with Crippen LogP contribution in [0.1, 0.15) is 36.8 Å². The minimum Gasteiger partial charge on any atom is -0.495 e. The fourth-order valence-corrected chi connectivity index (χ4v) is 4.99. The van der Waals surface area contributed by atoms with E-state index in [1.165, 1.54) is 29.4 Å². The van der Waals surface area contributed by atoms with Gasteiger partial charge in [-0.15, -0.1) is 0 Å². The molecular formula is C26H33N7O. The Kier molecular flexibility index (Phi) is 6.24. The van der Waals surface area contributed by atoms with Crippen molar-refractivity contribution in [2.24, 2.45) is 0 Å². The average Bonchev–Trinajstić information content (AvgIpc) is 3.24. The minimum atomic E-state index is 0.456. The third-order valence-corrected chi connectivity index (χ3v) is 6.95. The van der Waals surface area contributed by atoms with Gasteiger partial charge in [-0.3, -0.25) is 0 Å². The van der Waals surface area contributed by atoms with Gasteiger partial charge in [0.05, 0.1) is 18.8 Å². The molecular weight excluding hydrogens is 426 g/mol. The van der Waals surface area contributed by atoms with Gasteiger partial charge in [0.2, 0.25) is 0 Å². The fraction of sp³-hybridized carbons (Fsp3) is 0.423. The van der Waals surface area contributed by atoms with E-state index in [0.717, 1.165) is 35.4 Å². The maximum atomic E-state index is 5.50. The van der Waals surface area contributed by atoms with Crippen molar-refractivity contribution in [2.75, 3.05) is 31.8 Å². The summed E-state index contributed by atoms with van der Waals surface area (Å²) in [5.41, 5.74) is 4.82. The lowest BCUT2D eigenvalue weighted by atomic mass is 9.90. The third kappa shape index (κ3) is 4.50. The molecule has 0 bridgehead atoms. The Morgan fingerprint density at radius 1 is 1.06 bits per heavy atom. The highest BCUT2D eigenvalue weighted by Crippen LogP contribution is 2.30. The van der Waals surface area contributed by atoms with Crippen LogP contribution in [0.5, 0.6) is 5.75 Å². The zero-order valence-corrected chi connectivity index (χ0v) is 20.4. The molecule has 1 fully saturated rings. The molecule has 3 heterocycles. The SMILES string of the molecule is COc1ccc(CNc2cnc3ccc(NC4CCC(N(C)C)CC4)nc3n2)c2c(C)c[nH]c12. The van der Waals surface area contributed by atoms with E-state index in [1.807, 2.05) is 24.4 Å². The molecule has 0 unspecified atom stereocenters. The summed E-state index contributed by atoms with van der Waals surface area (Å²) in [6.45, 7) is 2.73. The number of aromatic amines is 1. The summed E-state index contributed by atoms with van der Waals surface area (Å²) in [6, 6.07) is 9.22. The smallest absolute Gasteiger partial charge is 0.182 e. The molecule has 0 saturated heterocycles. The van der Waals surface area contributed by atoms with Crippen LogP contribution in [0.4, 0.5) is 11.6 Å². The fourth-order valence-electron chi connectivity index (χ4n) is 4.99. The van der Waals surface area contributed by atoms with Gasteiger partial charge in [-0.25, -0.2) is 15.0 Å². The van der Waals surface area contributed by atoms with Crippen molar-refractivity contribution in [3.05, 3.63) is 47.8 Å². The first-order chi connectivity index (χ1) is 16.5. The van der Waals surface area contributed by atoms with Crippen LogP contribution in [0.25, 0.3) is 22.1 Å². The van der Waals surface area contributed by atoms with E-state index >= 15 is 0 Å². The van der Waals surface area contributed by atoms with Crippen LogP contribution in [-0.4, -0.2) is 58.1 Å². The second-order valence-electron chi connectivity index (χ2n) is 9.41. The Labute approximate surface area is 200 Å². The number of aromatic nitrogens is 4. The topological polar surface area (TPSA) is 91.0 Å². The number of pyridine rings is 1. The van der Waals surface area contributed by atoms with E-state index in [4.69, 9.17) is 14.7 Å². The van der Waals surface area contributed by atoms with Crippen LogP contribution < -0.4 is 15.4 Å². The Hall–Kier alpha value is -3.39. The zero-order valence-electron chi connectivity index (χ0n) is 20.4. The molecule has 8 heteroatoms. The molecule has 5 rings (SSSR count). The van der Waals surface area contributed by atoms with Gasteiger partial charge in [0.15, 0.2) is 5.65 Å². The van der Waals surface area contributed by atoms with Gasteiger partial charge in [0, 0.05) is 30.2 Å². The molecule has 4 aromatic rings. The highest BCUT2D eigenvalue weighted by molar-refractivity contribution is 5.91. The van der Waals surface area contributed by atoms with Crippen LogP contribution in [0.3, 0.4) is 0 Å². The number of anilines is 2. The molecule has 1 aliphatic rings. The summed E-state index contributed by atoms with van der Waals surface area (Å²) in [5, 5.41) is 8.21. The molecule has 1 saturated carbocycles. The first-order valence-electron chi connectivity index (χ1n) is 12.0. The van der Waals surface area contributed by atoms with Crippen molar-refractivity contribution in [3.8, 4) is 5.75 Å². The highest BCUT2D eigenvalue weighted by atomic mass is 16.5. The summed E-state index contributed by atoms with van der Waals surface area (Å²) >= 11 is 0. The Balaban J connectivity index is 1.30. The minimum absolute atomic E-state index is 0.456. The van der Waals surface area contributed by atoms with Crippen molar-refractivity contribution in [1.82, 2.24) is 24.8 Å². The molecule has 8 nitrogen and oxygen atoms in total. The normalized spacial score (nSPS) is 18.5. The Morgan fingerprint density at radius 2 is 1.85 bits per heavy atom. The highest BCUT2D eigenvalue weighted by Gasteiger charge is 2.22. The lowest BCUT2D eigenvalue weighted by Gasteiger charge is -2.33. The monoisotopic (exact) mass is 459 g/mol. The van der Waals surface area contributed by atoms with Gasteiger partial charge in [-0.2, -0.15) is 0 Å². The van der Waals surface area contributed by atoms with Crippen molar-refractivity contribution in [1.29, 1.82) is 0 Å². The first-order valence-corrected chi connectivity index (χ1v) is 12.0. The number of hydrogen-bond acceptors (Lipinski definition) is 7. The molecule has 178 valence electrons. The Bertz CT molecular complexity index is 1290. The van der Waals surface area contributed by atoms with Crippen molar-refractivity contribution in [3.63, 3.8) is 0 Å². The number of aryl methyl sites for hydroxylation is 1. The number of rotatable bonds is 7. The molecule has 3 N–H and O–H groups in total. The van der Waals surface area contributed by atoms with Gasteiger partial charge >= 0.3 is 0 Å². The number of benzene rings is 1. The predicted molar refractivity (Wildman–Crippen MR) is 138 cm³/mol. The molecule has 1 aliphatic carbocycles. The molecule has 3 aromatic heterocycles. The molecule has 0 spiro atoms. The second kappa shape index (κ2) is 9.46. The summed E-state index contributed by atoms with van der Waals surface area (Å²) in [5.74, 6) is 2.42.